The summed E-state index contributed by atoms with van der Waals surface area (Å²) in [5.41, 5.74) is 11.3. The maximum Gasteiger partial charge on any atom is 0.266 e. The Hall–Kier alpha value is -7.45. The second-order valence-electron chi connectivity index (χ2n) is 14.1. The van der Waals surface area contributed by atoms with Gasteiger partial charge in [-0.2, -0.15) is 0 Å². The lowest BCUT2D eigenvalue weighted by Crippen LogP contribution is -2.30. The van der Waals surface area contributed by atoms with Gasteiger partial charge < -0.3 is 14.6 Å². The monoisotopic (exact) mass is 778 g/mol. The molecule has 0 bridgehead atoms. The first-order valence-electron chi connectivity index (χ1n) is 19.3. The second-order valence-corrected chi connectivity index (χ2v) is 14.1. The molecule has 0 aliphatic carbocycles. The number of hydrogen-bond acceptors (Lipinski definition) is 7. The molecule has 6 aromatic carbocycles. The van der Waals surface area contributed by atoms with Gasteiger partial charge in [0.1, 0.15) is 17.4 Å². The molecule has 1 aliphatic heterocycles. The summed E-state index contributed by atoms with van der Waals surface area (Å²) in [6.45, 7) is 12.6. The van der Waals surface area contributed by atoms with Gasteiger partial charge in [0.05, 0.1) is 42.2 Å². The van der Waals surface area contributed by atoms with E-state index in [1.54, 1.807) is 48.1 Å². The number of phenols is 1. The Morgan fingerprint density at radius 3 is 2.03 bits per heavy atom. The molecule has 7 aromatic rings. The molecular formula is C51H46N4O4. The third-order valence-electron chi connectivity index (χ3n) is 10.5. The largest absolute Gasteiger partial charge is 0.504 e. The number of ether oxygens (including phenoxy) is 2. The number of aromatic nitrogens is 2. The van der Waals surface area contributed by atoms with Crippen LogP contribution in [0.25, 0.3) is 40.5 Å². The standard InChI is InChI=1S/C26H24N2O.C25H22N2O3/c1-18-10-5-8-14-24(18)28-20(3)22-12-6-7-13-23(22)27-26(28)17-16-21-11-9-15-25(29-4)19(21)2;1-16-8-6-12-21(17(16)2)27-23(26-20-11-5-4-10-19(20)25(27)29)15-14-18-9-7-13-22(30-3)24(18)28/h5-17H,3H2,1-2,4H3;4-15,28H,1-3H3/b17-16+;15-14+. The fourth-order valence-corrected chi connectivity index (χ4v) is 7.11. The molecule has 1 N–H and O–H groups in total. The Morgan fingerprint density at radius 1 is 0.627 bits per heavy atom. The number of phenolic OH excluding ortho intramolecular Hbond substituents is 1. The maximum absolute atomic E-state index is 13.4. The summed E-state index contributed by atoms with van der Waals surface area (Å²) >= 11 is 0. The number of nitrogens with zero attached hydrogens (tertiary/aromatic N) is 4. The van der Waals surface area contributed by atoms with E-state index >= 15 is 0 Å². The number of aromatic hydroxyl groups is 1. The highest BCUT2D eigenvalue weighted by Crippen LogP contribution is 2.38. The van der Waals surface area contributed by atoms with Crippen LogP contribution >= 0.6 is 0 Å². The highest BCUT2D eigenvalue weighted by Gasteiger charge is 2.24. The topological polar surface area (TPSA) is 89.2 Å². The predicted octanol–water partition coefficient (Wildman–Crippen LogP) is 11.4. The lowest BCUT2D eigenvalue weighted by molar-refractivity contribution is 0.373. The molecule has 8 rings (SSSR count). The minimum Gasteiger partial charge on any atom is -0.504 e. The highest BCUT2D eigenvalue weighted by molar-refractivity contribution is 6.19. The number of rotatable bonds is 8. The number of anilines is 1. The molecule has 1 aliphatic rings. The SMILES string of the molecule is C=C1c2ccccc2N=C(/C=C/c2cccc(OC)c2C)N1c1ccccc1C.COc1cccc(/C=C/c2nc3ccccc3c(=O)n2-c2cccc(C)c2C)c1O. The van der Waals surface area contributed by atoms with Crippen molar-refractivity contribution < 1.29 is 14.6 Å². The molecule has 294 valence electrons. The number of para-hydroxylation sites is 4. The van der Waals surface area contributed by atoms with Gasteiger partial charge in [-0.25, -0.2) is 9.98 Å². The van der Waals surface area contributed by atoms with Crippen molar-refractivity contribution in [2.75, 3.05) is 19.1 Å². The van der Waals surface area contributed by atoms with Crippen molar-refractivity contribution in [2.24, 2.45) is 4.99 Å². The molecule has 0 saturated heterocycles. The number of hydrogen-bond donors (Lipinski definition) is 1. The number of fused-ring (bicyclic) bond motifs is 2. The molecule has 0 amide bonds. The first-order chi connectivity index (χ1) is 28.6. The minimum absolute atomic E-state index is 0.0395. The summed E-state index contributed by atoms with van der Waals surface area (Å²) in [5.74, 6) is 2.62. The third-order valence-corrected chi connectivity index (χ3v) is 10.5. The normalized spacial score (nSPS) is 12.3. The van der Waals surface area contributed by atoms with Crippen LogP contribution in [0.5, 0.6) is 17.2 Å². The van der Waals surface area contributed by atoms with Gasteiger partial charge in [-0.1, -0.05) is 97.6 Å². The molecule has 0 saturated carbocycles. The van der Waals surface area contributed by atoms with Gasteiger partial charge in [-0.15, -0.1) is 0 Å². The molecule has 8 nitrogen and oxygen atoms in total. The van der Waals surface area contributed by atoms with E-state index in [1.807, 2.05) is 92.7 Å². The Bertz CT molecular complexity index is 2870. The quantitative estimate of drug-likeness (QED) is 0.165. The van der Waals surface area contributed by atoms with Crippen molar-refractivity contribution in [2.45, 2.75) is 27.7 Å². The van der Waals surface area contributed by atoms with E-state index in [1.165, 1.54) is 12.7 Å². The van der Waals surface area contributed by atoms with Crippen molar-refractivity contribution in [1.82, 2.24) is 9.55 Å². The van der Waals surface area contributed by atoms with Crippen LogP contribution in [0, 0.1) is 27.7 Å². The Balaban J connectivity index is 0.000000179. The van der Waals surface area contributed by atoms with Gasteiger partial charge in [0.2, 0.25) is 0 Å². The van der Waals surface area contributed by atoms with Crippen LogP contribution in [0.3, 0.4) is 0 Å². The molecule has 0 atom stereocenters. The van der Waals surface area contributed by atoms with Crippen molar-refractivity contribution in [3.63, 3.8) is 0 Å². The molecule has 0 spiro atoms. The first-order valence-corrected chi connectivity index (χ1v) is 19.3. The van der Waals surface area contributed by atoms with Crippen molar-refractivity contribution >= 4 is 52.0 Å². The van der Waals surface area contributed by atoms with Gasteiger partial charge in [0.25, 0.3) is 5.56 Å². The predicted molar refractivity (Wildman–Crippen MR) is 243 cm³/mol. The number of benzene rings is 6. The summed E-state index contributed by atoms with van der Waals surface area (Å²) in [4.78, 5) is 25.2. The molecular weight excluding hydrogens is 733 g/mol. The smallest absolute Gasteiger partial charge is 0.266 e. The molecule has 0 fully saturated rings. The van der Waals surface area contributed by atoms with Crippen LogP contribution in [0.1, 0.15) is 44.8 Å². The van der Waals surface area contributed by atoms with Gasteiger partial charge in [0, 0.05) is 16.8 Å². The zero-order valence-corrected chi connectivity index (χ0v) is 34.1. The van der Waals surface area contributed by atoms with Crippen LogP contribution in [0.4, 0.5) is 11.4 Å². The van der Waals surface area contributed by atoms with Gasteiger partial charge >= 0.3 is 0 Å². The number of methoxy groups -OCH3 is 2. The van der Waals surface area contributed by atoms with E-state index in [9.17, 15) is 9.90 Å². The molecule has 1 aromatic heterocycles. The van der Waals surface area contributed by atoms with Crippen LogP contribution < -0.4 is 19.9 Å². The second kappa shape index (κ2) is 17.4. The highest BCUT2D eigenvalue weighted by atomic mass is 16.5. The van der Waals surface area contributed by atoms with Crippen LogP contribution in [-0.2, 0) is 0 Å². The maximum atomic E-state index is 13.4. The molecule has 2 heterocycles. The first kappa shape index (κ1) is 39.8. The number of aryl methyl sites for hydroxylation is 2. The minimum atomic E-state index is -0.135. The average Bonchev–Trinajstić information content (AvgIpc) is 3.25. The van der Waals surface area contributed by atoms with E-state index in [-0.39, 0.29) is 11.3 Å². The summed E-state index contributed by atoms with van der Waals surface area (Å²) in [7, 11) is 3.20. The molecule has 59 heavy (non-hydrogen) atoms. The molecule has 0 unspecified atom stereocenters. The van der Waals surface area contributed by atoms with Crippen molar-refractivity contribution in [3.8, 4) is 22.9 Å². The van der Waals surface area contributed by atoms with Crippen molar-refractivity contribution in [3.05, 3.63) is 195 Å². The summed E-state index contributed by atoms with van der Waals surface area (Å²) in [5, 5.41) is 11.0. The van der Waals surface area contributed by atoms with E-state index < -0.39 is 0 Å². The summed E-state index contributed by atoms with van der Waals surface area (Å²) in [6, 6.07) is 40.9. The zero-order chi connectivity index (χ0) is 41.6. The zero-order valence-electron chi connectivity index (χ0n) is 34.1. The van der Waals surface area contributed by atoms with Crippen LogP contribution in [-0.4, -0.2) is 34.7 Å². The Labute approximate surface area is 345 Å². The molecule has 0 radical (unpaired) electrons. The van der Waals surface area contributed by atoms with E-state index in [2.05, 4.69) is 61.7 Å². The van der Waals surface area contributed by atoms with Crippen LogP contribution in [0.15, 0.2) is 150 Å². The summed E-state index contributed by atoms with van der Waals surface area (Å²) in [6.07, 6.45) is 7.61. The van der Waals surface area contributed by atoms with Gasteiger partial charge in [-0.3, -0.25) is 14.3 Å². The van der Waals surface area contributed by atoms with E-state index in [0.717, 1.165) is 62.2 Å². The van der Waals surface area contributed by atoms with Crippen LogP contribution in [0.2, 0.25) is 0 Å². The van der Waals surface area contributed by atoms with Crippen molar-refractivity contribution in [1.29, 1.82) is 0 Å². The van der Waals surface area contributed by atoms with E-state index in [4.69, 9.17) is 19.5 Å². The fraction of sp³-hybridized carbons (Fsp3) is 0.118. The number of amidine groups is 1. The molecule has 8 heteroatoms. The number of aliphatic imine (C=N–C) groups is 1. The average molecular weight is 779 g/mol. The Kier molecular flexibility index (Phi) is 11.7. The lowest BCUT2D eigenvalue weighted by atomic mass is 10.0. The Morgan fingerprint density at radius 2 is 1.25 bits per heavy atom. The summed E-state index contributed by atoms with van der Waals surface area (Å²) < 4.78 is 12.3. The van der Waals surface area contributed by atoms with Gasteiger partial charge in [0.15, 0.2) is 11.5 Å². The lowest BCUT2D eigenvalue weighted by Gasteiger charge is -2.32. The van der Waals surface area contributed by atoms with E-state index in [0.29, 0.717) is 28.0 Å². The van der Waals surface area contributed by atoms with Gasteiger partial charge in [-0.05, 0) is 116 Å². The fourth-order valence-electron chi connectivity index (χ4n) is 7.11. The third kappa shape index (κ3) is 8.06.